The lowest BCUT2D eigenvalue weighted by molar-refractivity contribution is -0.136. The second-order valence-corrected chi connectivity index (χ2v) is 4.70. The van der Waals surface area contributed by atoms with Gasteiger partial charge in [-0.25, -0.2) is 4.98 Å². The van der Waals surface area contributed by atoms with Crippen molar-refractivity contribution in [2.24, 2.45) is 0 Å². The van der Waals surface area contributed by atoms with E-state index in [-0.39, 0.29) is 29.1 Å². The van der Waals surface area contributed by atoms with E-state index in [1.54, 1.807) is 4.68 Å². The van der Waals surface area contributed by atoms with E-state index in [1.165, 1.54) is 19.4 Å². The molecule has 9 heteroatoms. The average Bonchev–Trinajstić information content (AvgIpc) is 2.85. The molecule has 0 amide bonds. The van der Waals surface area contributed by atoms with Gasteiger partial charge in [-0.15, -0.1) is 0 Å². The lowest BCUT2D eigenvalue weighted by Gasteiger charge is -2.15. The topological polar surface area (TPSA) is 81.7 Å². The van der Waals surface area contributed by atoms with E-state index >= 15 is 0 Å². The van der Waals surface area contributed by atoms with Gasteiger partial charge in [-0.1, -0.05) is 0 Å². The Hall–Kier alpha value is -2.32. The highest BCUT2D eigenvalue weighted by atomic mass is 19.4. The van der Waals surface area contributed by atoms with Gasteiger partial charge in [0.05, 0.1) is 11.9 Å². The van der Waals surface area contributed by atoms with Crippen LogP contribution in [0.5, 0.6) is 0 Å². The fourth-order valence-corrected chi connectivity index (χ4v) is 1.88. The summed E-state index contributed by atoms with van der Waals surface area (Å²) in [4.78, 5) is 7.34. The van der Waals surface area contributed by atoms with E-state index in [1.807, 2.05) is 13.8 Å². The summed E-state index contributed by atoms with van der Waals surface area (Å²) in [7, 11) is 1.35. The molecular formula is C12H15F3N6. The van der Waals surface area contributed by atoms with Gasteiger partial charge in [0, 0.05) is 24.8 Å². The van der Waals surface area contributed by atoms with Crippen LogP contribution in [-0.2, 0) is 6.18 Å². The molecule has 0 unspecified atom stereocenters. The second kappa shape index (κ2) is 5.23. The zero-order valence-electron chi connectivity index (χ0n) is 11.7. The summed E-state index contributed by atoms with van der Waals surface area (Å²) >= 11 is 0. The summed E-state index contributed by atoms with van der Waals surface area (Å²) in [5.41, 5.74) is 4.49. The molecule has 0 aliphatic heterocycles. The van der Waals surface area contributed by atoms with Gasteiger partial charge in [-0.3, -0.25) is 4.68 Å². The number of nitrogens with one attached hydrogen (secondary N) is 1. The van der Waals surface area contributed by atoms with Gasteiger partial charge in [0.25, 0.3) is 0 Å². The van der Waals surface area contributed by atoms with E-state index in [9.17, 15) is 13.2 Å². The highest BCUT2D eigenvalue weighted by Crippen LogP contribution is 2.40. The van der Waals surface area contributed by atoms with E-state index in [2.05, 4.69) is 20.4 Å². The van der Waals surface area contributed by atoms with Crippen LogP contribution in [0, 0.1) is 0 Å². The van der Waals surface area contributed by atoms with Crippen molar-refractivity contribution in [3.8, 4) is 11.3 Å². The van der Waals surface area contributed by atoms with Crippen LogP contribution in [0.25, 0.3) is 11.3 Å². The molecular weight excluding hydrogens is 285 g/mol. The normalized spacial score (nSPS) is 12.0. The predicted molar refractivity (Wildman–Crippen MR) is 72.6 cm³/mol. The number of nitrogens with zero attached hydrogens (tertiary/aromatic N) is 4. The van der Waals surface area contributed by atoms with E-state index < -0.39 is 11.7 Å². The van der Waals surface area contributed by atoms with Crippen molar-refractivity contribution >= 4 is 11.8 Å². The van der Waals surface area contributed by atoms with Gasteiger partial charge >= 0.3 is 6.18 Å². The summed E-state index contributed by atoms with van der Waals surface area (Å²) in [5.74, 6) is -0.595. The van der Waals surface area contributed by atoms with Crippen molar-refractivity contribution < 1.29 is 13.2 Å². The molecule has 0 saturated carbocycles. The van der Waals surface area contributed by atoms with Crippen molar-refractivity contribution in [1.29, 1.82) is 0 Å². The maximum Gasteiger partial charge on any atom is 0.422 e. The van der Waals surface area contributed by atoms with Crippen molar-refractivity contribution in [2.75, 3.05) is 18.1 Å². The van der Waals surface area contributed by atoms with Crippen LogP contribution in [0.1, 0.15) is 25.5 Å². The van der Waals surface area contributed by atoms with Crippen molar-refractivity contribution in [3.63, 3.8) is 0 Å². The first kappa shape index (κ1) is 15.1. The number of anilines is 2. The van der Waals surface area contributed by atoms with Crippen LogP contribution >= 0.6 is 0 Å². The fourth-order valence-electron chi connectivity index (χ4n) is 1.88. The van der Waals surface area contributed by atoms with Crippen molar-refractivity contribution in [1.82, 2.24) is 19.7 Å². The Bertz CT molecular complexity index is 647. The number of aromatic nitrogens is 4. The van der Waals surface area contributed by atoms with Crippen LogP contribution in [0.3, 0.4) is 0 Å². The first-order valence-corrected chi connectivity index (χ1v) is 6.21. The molecule has 0 aliphatic rings. The lowest BCUT2D eigenvalue weighted by Crippen LogP contribution is -2.15. The predicted octanol–water partition coefficient (Wildman–Crippen LogP) is 2.56. The van der Waals surface area contributed by atoms with Gasteiger partial charge in [-0.05, 0) is 13.8 Å². The van der Waals surface area contributed by atoms with Crippen molar-refractivity contribution in [3.05, 3.63) is 18.0 Å². The van der Waals surface area contributed by atoms with Crippen molar-refractivity contribution in [2.45, 2.75) is 26.1 Å². The summed E-state index contributed by atoms with van der Waals surface area (Å²) in [5, 5.41) is 6.43. The Morgan fingerprint density at radius 1 is 1.29 bits per heavy atom. The standard InChI is InChI=1S/C12H15F3N6/c1-6(2)21-5-7(4-18-21)9-8(12(13,14)15)10(17-3)20-11(16)19-9/h4-6H,1-3H3,(H3,16,17,19,20). The summed E-state index contributed by atoms with van der Waals surface area (Å²) < 4.78 is 41.4. The quantitative estimate of drug-likeness (QED) is 0.910. The van der Waals surface area contributed by atoms with Gasteiger partial charge in [0.1, 0.15) is 11.4 Å². The molecule has 0 bridgehead atoms. The first-order chi connectivity index (χ1) is 9.74. The van der Waals surface area contributed by atoms with Gasteiger partial charge in [0.2, 0.25) is 5.95 Å². The minimum atomic E-state index is -4.61. The molecule has 0 atom stereocenters. The van der Waals surface area contributed by atoms with Crippen LogP contribution in [0.2, 0.25) is 0 Å². The molecule has 0 spiro atoms. The largest absolute Gasteiger partial charge is 0.422 e. The molecule has 21 heavy (non-hydrogen) atoms. The third kappa shape index (κ3) is 2.91. The Balaban J connectivity index is 2.68. The van der Waals surface area contributed by atoms with Crippen LogP contribution < -0.4 is 11.1 Å². The monoisotopic (exact) mass is 300 g/mol. The molecule has 2 aromatic heterocycles. The number of hydrogen-bond acceptors (Lipinski definition) is 5. The second-order valence-electron chi connectivity index (χ2n) is 4.70. The Morgan fingerprint density at radius 3 is 2.43 bits per heavy atom. The molecule has 0 saturated heterocycles. The number of alkyl halides is 3. The Labute approximate surface area is 119 Å². The summed E-state index contributed by atoms with van der Waals surface area (Å²) in [6, 6.07) is 0.0241. The van der Waals surface area contributed by atoms with Crippen LogP contribution in [0.15, 0.2) is 12.4 Å². The number of halogens is 3. The average molecular weight is 300 g/mol. The Morgan fingerprint density at radius 2 is 1.95 bits per heavy atom. The molecule has 114 valence electrons. The molecule has 2 aromatic rings. The highest BCUT2D eigenvalue weighted by molar-refractivity contribution is 5.70. The molecule has 0 radical (unpaired) electrons. The third-order valence-corrected chi connectivity index (χ3v) is 2.85. The minimum absolute atomic E-state index is 0.0241. The molecule has 0 aromatic carbocycles. The molecule has 0 aliphatic carbocycles. The number of rotatable bonds is 3. The number of nitrogens with two attached hydrogens (primary N) is 1. The molecule has 3 N–H and O–H groups in total. The van der Waals surface area contributed by atoms with Gasteiger partial charge in [0.15, 0.2) is 0 Å². The number of nitrogen functional groups attached to an aromatic ring is 1. The van der Waals surface area contributed by atoms with E-state index in [0.29, 0.717) is 0 Å². The molecule has 0 fully saturated rings. The lowest BCUT2D eigenvalue weighted by atomic mass is 10.1. The zero-order chi connectivity index (χ0) is 15.8. The molecule has 6 nitrogen and oxygen atoms in total. The zero-order valence-corrected chi connectivity index (χ0v) is 11.7. The molecule has 2 heterocycles. The summed E-state index contributed by atoms with van der Waals surface area (Å²) in [6.45, 7) is 3.74. The van der Waals surface area contributed by atoms with E-state index in [4.69, 9.17) is 5.73 Å². The SMILES string of the molecule is CNc1nc(N)nc(-c2cnn(C(C)C)c2)c1C(F)(F)F. The third-order valence-electron chi connectivity index (χ3n) is 2.85. The smallest absolute Gasteiger partial charge is 0.372 e. The van der Waals surface area contributed by atoms with Gasteiger partial charge < -0.3 is 11.1 Å². The first-order valence-electron chi connectivity index (χ1n) is 6.21. The Kier molecular flexibility index (Phi) is 3.75. The summed E-state index contributed by atoms with van der Waals surface area (Å²) in [6.07, 6.45) is -1.78. The van der Waals surface area contributed by atoms with Crippen LogP contribution in [0.4, 0.5) is 24.9 Å². The maximum atomic E-state index is 13.3. The fraction of sp³-hybridized carbons (Fsp3) is 0.417. The van der Waals surface area contributed by atoms with E-state index in [0.717, 1.165) is 0 Å². The van der Waals surface area contributed by atoms with Crippen LogP contribution in [-0.4, -0.2) is 26.8 Å². The van der Waals surface area contributed by atoms with Gasteiger partial charge in [-0.2, -0.15) is 23.3 Å². The highest BCUT2D eigenvalue weighted by Gasteiger charge is 2.39. The maximum absolute atomic E-state index is 13.3. The molecule has 2 rings (SSSR count). The number of hydrogen-bond donors (Lipinski definition) is 2. The minimum Gasteiger partial charge on any atom is -0.372 e.